The van der Waals surface area contributed by atoms with Gasteiger partial charge in [-0.3, -0.25) is 4.79 Å². The van der Waals surface area contributed by atoms with Crippen molar-refractivity contribution in [3.8, 4) is 11.5 Å². The van der Waals surface area contributed by atoms with E-state index in [9.17, 15) is 9.90 Å². The Morgan fingerprint density at radius 1 is 1.08 bits per heavy atom. The first kappa shape index (κ1) is 24.3. The summed E-state index contributed by atoms with van der Waals surface area (Å²) in [6.07, 6.45) is 3.44. The van der Waals surface area contributed by atoms with E-state index in [2.05, 4.69) is 47.4 Å². The minimum Gasteiger partial charge on any atom is -0.487 e. The highest BCUT2D eigenvalue weighted by Crippen LogP contribution is 2.36. The number of nitrogens with zero attached hydrogens (tertiary/aromatic N) is 2. The van der Waals surface area contributed by atoms with Crippen LogP contribution in [0, 0.1) is 0 Å². The minimum absolute atomic E-state index is 0.0632. The molecule has 0 aliphatic carbocycles. The van der Waals surface area contributed by atoms with Crippen molar-refractivity contribution in [1.82, 2.24) is 9.80 Å². The third kappa shape index (κ3) is 5.40. The fourth-order valence-corrected chi connectivity index (χ4v) is 5.15. The van der Waals surface area contributed by atoms with Crippen LogP contribution in [0.15, 0.2) is 66.2 Å². The number of β-amino-alcohol motifs (C(OH)–C–C–N with tert-alkyl or cyclic N) is 1. The van der Waals surface area contributed by atoms with Crippen LogP contribution in [-0.2, 0) is 4.79 Å². The fourth-order valence-electron chi connectivity index (χ4n) is 5.15. The Bertz CT molecular complexity index is 1260. The van der Waals surface area contributed by atoms with Crippen LogP contribution >= 0.6 is 0 Å². The van der Waals surface area contributed by atoms with Gasteiger partial charge in [-0.1, -0.05) is 54.6 Å². The molecule has 0 unspecified atom stereocenters. The average molecular weight is 487 g/mol. The first-order valence-corrected chi connectivity index (χ1v) is 12.7. The molecule has 1 atom stereocenters. The summed E-state index contributed by atoms with van der Waals surface area (Å²) >= 11 is 0. The predicted octanol–water partition coefficient (Wildman–Crippen LogP) is 4.32. The zero-order chi connectivity index (χ0) is 25.1. The Balaban J connectivity index is 1.13. The summed E-state index contributed by atoms with van der Waals surface area (Å²) in [7, 11) is 3.46. The molecule has 1 amide bonds. The molecule has 2 aliphatic rings. The second-order valence-electron chi connectivity index (χ2n) is 9.98. The van der Waals surface area contributed by atoms with Crippen LogP contribution in [0.1, 0.15) is 29.9 Å². The van der Waals surface area contributed by atoms with Gasteiger partial charge in [0.2, 0.25) is 0 Å². The number of hydrogen-bond donors (Lipinski definition) is 1. The average Bonchev–Trinajstić information content (AvgIpc) is 2.91. The lowest BCUT2D eigenvalue weighted by atomic mass is 9.88. The molecule has 1 fully saturated rings. The van der Waals surface area contributed by atoms with Crippen LogP contribution in [0.3, 0.4) is 0 Å². The zero-order valence-electron chi connectivity index (χ0n) is 21.0. The molecule has 0 bridgehead atoms. The second kappa shape index (κ2) is 10.7. The molecule has 6 nitrogen and oxygen atoms in total. The topological polar surface area (TPSA) is 62.2 Å². The van der Waals surface area contributed by atoms with Crippen molar-refractivity contribution in [2.75, 3.05) is 46.9 Å². The molecule has 0 saturated carbocycles. The minimum atomic E-state index is -0.594. The van der Waals surface area contributed by atoms with E-state index in [-0.39, 0.29) is 19.1 Å². The number of likely N-dealkylation sites (N-methyl/N-ethyl adjacent to an activating group) is 1. The molecule has 3 aromatic rings. The van der Waals surface area contributed by atoms with Gasteiger partial charge in [0.15, 0.2) is 11.5 Å². The normalized spacial score (nSPS) is 17.1. The van der Waals surface area contributed by atoms with Gasteiger partial charge in [-0.25, -0.2) is 0 Å². The highest BCUT2D eigenvalue weighted by molar-refractivity contribution is 5.99. The van der Waals surface area contributed by atoms with Crippen LogP contribution in [0.2, 0.25) is 0 Å². The summed E-state index contributed by atoms with van der Waals surface area (Å²) in [5.41, 5.74) is 2.83. The van der Waals surface area contributed by atoms with E-state index in [4.69, 9.17) is 9.47 Å². The number of ether oxygens (including phenoxy) is 2. The van der Waals surface area contributed by atoms with Gasteiger partial charge in [-0.15, -0.1) is 0 Å². The molecule has 2 heterocycles. The summed E-state index contributed by atoms with van der Waals surface area (Å²) in [5, 5.41) is 13.3. The van der Waals surface area contributed by atoms with Crippen LogP contribution in [-0.4, -0.2) is 73.9 Å². The number of carbonyl (C=O) groups excluding carboxylic acids is 1. The number of aliphatic hydroxyl groups is 1. The van der Waals surface area contributed by atoms with E-state index in [1.807, 2.05) is 24.3 Å². The van der Waals surface area contributed by atoms with Crippen molar-refractivity contribution in [1.29, 1.82) is 0 Å². The molecular formula is C30H34N2O4. The van der Waals surface area contributed by atoms with E-state index < -0.39 is 6.10 Å². The van der Waals surface area contributed by atoms with Crippen molar-refractivity contribution < 1.29 is 19.4 Å². The van der Waals surface area contributed by atoms with Gasteiger partial charge in [0.25, 0.3) is 5.91 Å². The van der Waals surface area contributed by atoms with Gasteiger partial charge >= 0.3 is 0 Å². The Morgan fingerprint density at radius 2 is 1.86 bits per heavy atom. The third-order valence-corrected chi connectivity index (χ3v) is 7.12. The Labute approximate surface area is 212 Å². The number of rotatable bonds is 7. The quantitative estimate of drug-likeness (QED) is 0.539. The Kier molecular flexibility index (Phi) is 7.25. The maximum atomic E-state index is 12.3. The number of carbonyl (C=O) groups is 1. The number of hydrogen-bond acceptors (Lipinski definition) is 5. The third-order valence-electron chi connectivity index (χ3n) is 7.12. The zero-order valence-corrected chi connectivity index (χ0v) is 21.0. The SMILES string of the molecule is CN(C)C(=O)C1=Cc2cccc(OC[C@@H](O)CN3CCC(c4ccc5ccccc5c4)CC3)c2OC1. The number of likely N-dealkylation sites (tertiary alicyclic amines) is 1. The van der Waals surface area contributed by atoms with Crippen molar-refractivity contribution >= 4 is 22.8 Å². The van der Waals surface area contributed by atoms with Gasteiger partial charge in [0.1, 0.15) is 19.3 Å². The van der Waals surface area contributed by atoms with Crippen molar-refractivity contribution in [2.24, 2.45) is 0 Å². The smallest absolute Gasteiger partial charge is 0.252 e. The summed E-state index contributed by atoms with van der Waals surface area (Å²) in [4.78, 5) is 16.1. The number of amides is 1. The van der Waals surface area contributed by atoms with Crippen LogP contribution in [0.5, 0.6) is 11.5 Å². The van der Waals surface area contributed by atoms with Crippen LogP contribution < -0.4 is 9.47 Å². The number of fused-ring (bicyclic) bond motifs is 2. The van der Waals surface area contributed by atoms with Crippen molar-refractivity contribution in [3.63, 3.8) is 0 Å². The summed E-state index contributed by atoms with van der Waals surface area (Å²) < 4.78 is 11.8. The molecule has 1 saturated heterocycles. The second-order valence-corrected chi connectivity index (χ2v) is 9.98. The van der Waals surface area contributed by atoms with Gasteiger partial charge in [0.05, 0.1) is 5.57 Å². The lowest BCUT2D eigenvalue weighted by molar-refractivity contribution is -0.125. The van der Waals surface area contributed by atoms with Gasteiger partial charge in [-0.2, -0.15) is 0 Å². The first-order chi connectivity index (χ1) is 17.5. The Morgan fingerprint density at radius 3 is 2.64 bits per heavy atom. The van der Waals surface area contributed by atoms with Crippen molar-refractivity contribution in [3.05, 3.63) is 77.4 Å². The summed E-state index contributed by atoms with van der Waals surface area (Å²) in [6.45, 7) is 2.91. The number of aliphatic hydroxyl groups excluding tert-OH is 1. The lowest BCUT2D eigenvalue weighted by Gasteiger charge is -2.33. The van der Waals surface area contributed by atoms with Gasteiger partial charge in [-0.05, 0) is 60.3 Å². The van der Waals surface area contributed by atoms with E-state index >= 15 is 0 Å². The van der Waals surface area contributed by atoms with E-state index in [0.29, 0.717) is 29.5 Å². The molecule has 5 rings (SSSR count). The highest BCUT2D eigenvalue weighted by Gasteiger charge is 2.24. The van der Waals surface area contributed by atoms with Gasteiger partial charge < -0.3 is 24.4 Å². The number of para-hydroxylation sites is 1. The predicted molar refractivity (Wildman–Crippen MR) is 142 cm³/mol. The van der Waals surface area contributed by atoms with E-state index in [1.54, 1.807) is 19.0 Å². The molecule has 188 valence electrons. The molecule has 3 aromatic carbocycles. The maximum absolute atomic E-state index is 12.3. The van der Waals surface area contributed by atoms with Crippen molar-refractivity contribution in [2.45, 2.75) is 24.9 Å². The molecular weight excluding hydrogens is 452 g/mol. The molecule has 1 N–H and O–H groups in total. The summed E-state index contributed by atoms with van der Waals surface area (Å²) in [6, 6.07) is 20.9. The monoisotopic (exact) mass is 486 g/mol. The van der Waals surface area contributed by atoms with E-state index in [0.717, 1.165) is 31.5 Å². The molecule has 0 radical (unpaired) electrons. The van der Waals surface area contributed by atoms with E-state index in [1.165, 1.54) is 16.3 Å². The number of benzene rings is 3. The fraction of sp³-hybridized carbons (Fsp3) is 0.367. The lowest BCUT2D eigenvalue weighted by Crippen LogP contribution is -2.40. The highest BCUT2D eigenvalue weighted by atomic mass is 16.5. The maximum Gasteiger partial charge on any atom is 0.252 e. The van der Waals surface area contributed by atoms with Gasteiger partial charge in [0, 0.05) is 26.2 Å². The Hall–Kier alpha value is -3.35. The summed E-state index contributed by atoms with van der Waals surface area (Å²) in [5.74, 6) is 1.71. The van der Waals surface area contributed by atoms with Crippen LogP contribution in [0.4, 0.5) is 0 Å². The molecule has 36 heavy (non-hydrogen) atoms. The molecule has 6 heteroatoms. The van der Waals surface area contributed by atoms with Crippen LogP contribution in [0.25, 0.3) is 16.8 Å². The standard InChI is InChI=1S/C30H34N2O4/c1-31(2)30(34)26-17-25-8-5-9-28(29(25)36-19-26)35-20-27(33)18-32-14-12-22(13-15-32)24-11-10-21-6-3-4-7-23(21)16-24/h3-11,16-17,22,27,33H,12-15,18-20H2,1-2H3/t27-/m0/s1. The number of piperidine rings is 1. The molecule has 2 aliphatic heterocycles. The molecule has 0 spiro atoms. The first-order valence-electron chi connectivity index (χ1n) is 12.7. The largest absolute Gasteiger partial charge is 0.487 e. The molecule has 0 aromatic heterocycles.